The molecule has 0 radical (unpaired) electrons. The number of hydrogen-bond acceptors (Lipinski definition) is 4. The van der Waals surface area contributed by atoms with Crippen LogP contribution in [0.2, 0.25) is 0 Å². The standard InChI is InChI=1S/C21H23N3O3/c1-21(2,3)27-20(26)24-10-9-15-11-16(12-22)19(25)23-18(15)17(13-24)14-7-5-4-6-8-14/h4-8,11,17H,9-10,13H2,1-3H3,(H,23,25). The molecule has 6 nitrogen and oxygen atoms in total. The topological polar surface area (TPSA) is 86.2 Å². The summed E-state index contributed by atoms with van der Waals surface area (Å²) in [6, 6.07) is 13.3. The number of amides is 1. The van der Waals surface area contributed by atoms with Crippen LogP contribution in [0.25, 0.3) is 0 Å². The van der Waals surface area contributed by atoms with Crippen LogP contribution < -0.4 is 5.56 Å². The minimum atomic E-state index is -0.583. The Hall–Kier alpha value is -3.07. The van der Waals surface area contributed by atoms with Crippen molar-refractivity contribution in [3.8, 4) is 6.07 Å². The molecular formula is C21H23N3O3. The fraction of sp³-hybridized carbons (Fsp3) is 0.381. The number of nitriles is 1. The molecule has 0 spiro atoms. The quantitative estimate of drug-likeness (QED) is 0.841. The van der Waals surface area contributed by atoms with Crippen LogP contribution in [0.15, 0.2) is 41.2 Å². The molecule has 27 heavy (non-hydrogen) atoms. The average molecular weight is 365 g/mol. The predicted molar refractivity (Wildman–Crippen MR) is 102 cm³/mol. The predicted octanol–water partition coefficient (Wildman–Crippen LogP) is 3.17. The van der Waals surface area contributed by atoms with Gasteiger partial charge in [-0.2, -0.15) is 5.26 Å². The van der Waals surface area contributed by atoms with E-state index in [1.165, 1.54) is 0 Å². The van der Waals surface area contributed by atoms with Gasteiger partial charge in [-0.1, -0.05) is 30.3 Å². The van der Waals surface area contributed by atoms with Crippen molar-refractivity contribution in [2.24, 2.45) is 0 Å². The fourth-order valence-electron chi connectivity index (χ4n) is 3.30. The summed E-state index contributed by atoms with van der Waals surface area (Å²) in [7, 11) is 0. The number of pyridine rings is 1. The number of H-pyrrole nitrogens is 1. The second-order valence-corrected chi connectivity index (χ2v) is 7.70. The first-order valence-corrected chi connectivity index (χ1v) is 8.97. The molecule has 2 heterocycles. The number of ether oxygens (including phenoxy) is 1. The van der Waals surface area contributed by atoms with Crippen LogP contribution in [0.1, 0.15) is 49.1 Å². The van der Waals surface area contributed by atoms with Crippen LogP contribution >= 0.6 is 0 Å². The Bertz CT molecular complexity index is 936. The number of aromatic amines is 1. The molecule has 1 amide bonds. The van der Waals surface area contributed by atoms with Gasteiger partial charge in [0.15, 0.2) is 0 Å². The Kier molecular flexibility index (Phi) is 5.04. The molecule has 1 atom stereocenters. The number of rotatable bonds is 1. The van der Waals surface area contributed by atoms with Gasteiger partial charge in [0.1, 0.15) is 17.2 Å². The van der Waals surface area contributed by atoms with Gasteiger partial charge in [-0.25, -0.2) is 4.79 Å². The third-order valence-corrected chi connectivity index (χ3v) is 4.53. The summed E-state index contributed by atoms with van der Waals surface area (Å²) in [5, 5.41) is 9.19. The Labute approximate surface area is 158 Å². The Balaban J connectivity index is 2.04. The molecule has 6 heteroatoms. The van der Waals surface area contributed by atoms with Crippen molar-refractivity contribution in [3.63, 3.8) is 0 Å². The van der Waals surface area contributed by atoms with Gasteiger partial charge in [-0.05, 0) is 44.4 Å². The molecule has 2 aromatic rings. The summed E-state index contributed by atoms with van der Waals surface area (Å²) < 4.78 is 5.55. The van der Waals surface area contributed by atoms with Crippen molar-refractivity contribution >= 4 is 6.09 Å². The maximum Gasteiger partial charge on any atom is 0.410 e. The molecule has 140 valence electrons. The molecule has 1 aromatic heterocycles. The lowest BCUT2D eigenvalue weighted by atomic mass is 9.92. The lowest BCUT2D eigenvalue weighted by Crippen LogP contribution is -2.39. The van der Waals surface area contributed by atoms with E-state index in [0.717, 1.165) is 16.8 Å². The van der Waals surface area contributed by atoms with E-state index in [1.54, 1.807) is 11.0 Å². The molecular weight excluding hydrogens is 342 g/mol. The van der Waals surface area contributed by atoms with Gasteiger partial charge < -0.3 is 14.6 Å². The molecule has 0 aliphatic carbocycles. The number of nitrogens with one attached hydrogen (secondary N) is 1. The third-order valence-electron chi connectivity index (χ3n) is 4.53. The van der Waals surface area contributed by atoms with Crippen molar-refractivity contribution in [2.75, 3.05) is 13.1 Å². The van der Waals surface area contributed by atoms with Crippen LogP contribution in [0.4, 0.5) is 4.79 Å². The van der Waals surface area contributed by atoms with Gasteiger partial charge in [0, 0.05) is 24.7 Å². The van der Waals surface area contributed by atoms with E-state index in [2.05, 4.69) is 4.98 Å². The largest absolute Gasteiger partial charge is 0.444 e. The smallest absolute Gasteiger partial charge is 0.410 e. The first kappa shape index (κ1) is 18.7. The van der Waals surface area contributed by atoms with E-state index in [-0.39, 0.29) is 17.6 Å². The minimum Gasteiger partial charge on any atom is -0.444 e. The number of hydrogen-bond donors (Lipinski definition) is 1. The Morgan fingerprint density at radius 3 is 2.63 bits per heavy atom. The maximum atomic E-state index is 12.7. The molecule has 1 unspecified atom stereocenters. The highest BCUT2D eigenvalue weighted by Gasteiger charge is 2.30. The van der Waals surface area contributed by atoms with E-state index in [9.17, 15) is 14.9 Å². The molecule has 0 fully saturated rings. The lowest BCUT2D eigenvalue weighted by molar-refractivity contribution is 0.0251. The van der Waals surface area contributed by atoms with Gasteiger partial charge in [0.2, 0.25) is 0 Å². The van der Waals surface area contributed by atoms with Crippen LogP contribution in [-0.4, -0.2) is 34.7 Å². The molecule has 0 saturated carbocycles. The monoisotopic (exact) mass is 365 g/mol. The van der Waals surface area contributed by atoms with E-state index in [0.29, 0.717) is 19.5 Å². The minimum absolute atomic E-state index is 0.0891. The molecule has 1 aromatic carbocycles. The molecule has 1 aliphatic heterocycles. The van der Waals surface area contributed by atoms with Gasteiger partial charge in [0.05, 0.1) is 0 Å². The zero-order valence-corrected chi connectivity index (χ0v) is 15.8. The summed E-state index contributed by atoms with van der Waals surface area (Å²) in [6.07, 6.45) is 0.169. The highest BCUT2D eigenvalue weighted by Crippen LogP contribution is 2.30. The first-order chi connectivity index (χ1) is 12.8. The zero-order chi connectivity index (χ0) is 19.6. The van der Waals surface area contributed by atoms with Gasteiger partial charge >= 0.3 is 6.09 Å². The summed E-state index contributed by atoms with van der Waals surface area (Å²) in [5.74, 6) is -0.198. The van der Waals surface area contributed by atoms with E-state index in [4.69, 9.17) is 4.74 Å². The van der Waals surface area contributed by atoms with Crippen molar-refractivity contribution < 1.29 is 9.53 Å². The fourth-order valence-corrected chi connectivity index (χ4v) is 3.30. The van der Waals surface area contributed by atoms with Crippen LogP contribution in [0.5, 0.6) is 0 Å². The summed E-state index contributed by atoms with van der Waals surface area (Å²) in [5.41, 5.74) is 1.74. The van der Waals surface area contributed by atoms with E-state index < -0.39 is 11.2 Å². The summed E-state index contributed by atoms with van der Waals surface area (Å²) >= 11 is 0. The van der Waals surface area contributed by atoms with Crippen molar-refractivity contribution in [1.82, 2.24) is 9.88 Å². The number of carbonyl (C=O) groups excluding carboxylic acids is 1. The van der Waals surface area contributed by atoms with Gasteiger partial charge in [-0.3, -0.25) is 4.79 Å². The zero-order valence-electron chi connectivity index (χ0n) is 15.8. The number of carbonyl (C=O) groups is 1. The van der Waals surface area contributed by atoms with Crippen LogP contribution in [0, 0.1) is 11.3 Å². The molecule has 0 saturated heterocycles. The van der Waals surface area contributed by atoms with Crippen molar-refractivity contribution in [3.05, 3.63) is 69.1 Å². The summed E-state index contributed by atoms with van der Waals surface area (Å²) in [4.78, 5) is 29.5. The number of benzene rings is 1. The average Bonchev–Trinajstić information content (AvgIpc) is 2.80. The lowest BCUT2D eigenvalue weighted by Gasteiger charge is -2.28. The number of nitrogens with zero attached hydrogens (tertiary/aromatic N) is 2. The Morgan fingerprint density at radius 2 is 2.00 bits per heavy atom. The second kappa shape index (κ2) is 7.28. The number of fused-ring (bicyclic) bond motifs is 1. The summed E-state index contributed by atoms with van der Waals surface area (Å²) in [6.45, 7) is 6.37. The first-order valence-electron chi connectivity index (χ1n) is 8.97. The molecule has 0 bridgehead atoms. The second-order valence-electron chi connectivity index (χ2n) is 7.70. The SMILES string of the molecule is CC(C)(C)OC(=O)N1CCc2cc(C#N)c(=O)[nH]c2C(c2ccccc2)C1. The maximum absolute atomic E-state index is 12.7. The van der Waals surface area contributed by atoms with E-state index >= 15 is 0 Å². The highest BCUT2D eigenvalue weighted by molar-refractivity contribution is 5.68. The van der Waals surface area contributed by atoms with Gasteiger partial charge in [0.25, 0.3) is 5.56 Å². The third kappa shape index (κ3) is 4.20. The van der Waals surface area contributed by atoms with Crippen molar-refractivity contribution in [2.45, 2.75) is 38.7 Å². The van der Waals surface area contributed by atoms with Crippen molar-refractivity contribution in [1.29, 1.82) is 5.26 Å². The number of aromatic nitrogens is 1. The van der Waals surface area contributed by atoms with Gasteiger partial charge in [-0.15, -0.1) is 0 Å². The molecule has 1 aliphatic rings. The Morgan fingerprint density at radius 1 is 1.30 bits per heavy atom. The van der Waals surface area contributed by atoms with Crippen LogP contribution in [-0.2, 0) is 11.2 Å². The molecule has 3 rings (SSSR count). The molecule has 1 N–H and O–H groups in total. The highest BCUT2D eigenvalue weighted by atomic mass is 16.6. The van der Waals surface area contributed by atoms with Crippen LogP contribution in [0.3, 0.4) is 0 Å². The normalized spacial score (nSPS) is 16.8. The van der Waals surface area contributed by atoms with E-state index in [1.807, 2.05) is 57.2 Å².